The highest BCUT2D eigenvalue weighted by Gasteiger charge is 2.19. The number of hydrogen-bond donors (Lipinski definition) is 3. The Bertz CT molecular complexity index is 563. The van der Waals surface area contributed by atoms with Crippen LogP contribution >= 0.6 is 11.8 Å². The zero-order chi connectivity index (χ0) is 15.4. The molecule has 0 bridgehead atoms. The summed E-state index contributed by atoms with van der Waals surface area (Å²) < 4.78 is 26.8. The fraction of sp³-hybridized carbons (Fsp3) is 0.385. The molecule has 1 heterocycles. The van der Waals surface area contributed by atoms with Gasteiger partial charge in [-0.25, -0.2) is 13.6 Å². The summed E-state index contributed by atoms with van der Waals surface area (Å²) in [7, 11) is 0. The summed E-state index contributed by atoms with van der Waals surface area (Å²) >= 11 is 1.72. The van der Waals surface area contributed by atoms with E-state index in [-0.39, 0.29) is 18.2 Å². The Labute approximate surface area is 124 Å². The first kappa shape index (κ1) is 15.7. The summed E-state index contributed by atoms with van der Waals surface area (Å²) in [5, 5.41) is 14.2. The van der Waals surface area contributed by atoms with Crippen LogP contribution in [0.4, 0.5) is 14.5 Å². The highest BCUT2D eigenvalue weighted by atomic mass is 32.2. The normalized spacial score (nSPS) is 18.3. The van der Waals surface area contributed by atoms with E-state index in [1.54, 1.807) is 11.8 Å². The second-order valence-corrected chi connectivity index (χ2v) is 5.75. The van der Waals surface area contributed by atoms with E-state index >= 15 is 0 Å². The van der Waals surface area contributed by atoms with Crippen LogP contribution in [0.3, 0.4) is 0 Å². The number of anilines is 1. The standard InChI is InChI=1S/C13H14F2N2O3S/c14-9-5-10(15)11(4-8(9)13(19)20)17-12(18)3-7-6-21-2-1-16-7/h4-5,7,16H,1-3,6H2,(H,17,18)(H,19,20). The fourth-order valence-electron chi connectivity index (χ4n) is 1.98. The van der Waals surface area contributed by atoms with Gasteiger partial charge in [0.2, 0.25) is 5.91 Å². The number of aromatic carboxylic acids is 1. The Morgan fingerprint density at radius 3 is 2.76 bits per heavy atom. The summed E-state index contributed by atoms with van der Waals surface area (Å²) in [4.78, 5) is 22.6. The molecule has 1 unspecified atom stereocenters. The summed E-state index contributed by atoms with van der Waals surface area (Å²) in [6.45, 7) is 0.802. The van der Waals surface area contributed by atoms with Gasteiger partial charge in [0.25, 0.3) is 0 Å². The second kappa shape index (κ2) is 6.86. The lowest BCUT2D eigenvalue weighted by atomic mass is 10.1. The topological polar surface area (TPSA) is 78.4 Å². The van der Waals surface area contributed by atoms with E-state index in [1.807, 2.05) is 0 Å². The number of carboxylic acids is 1. The number of rotatable bonds is 4. The minimum absolute atomic E-state index is 0.00814. The van der Waals surface area contributed by atoms with Gasteiger partial charge in [-0.2, -0.15) is 11.8 Å². The van der Waals surface area contributed by atoms with E-state index in [1.165, 1.54) is 0 Å². The molecule has 1 aromatic rings. The van der Waals surface area contributed by atoms with Crippen LogP contribution in [-0.4, -0.2) is 41.1 Å². The molecule has 1 fully saturated rings. The molecule has 1 amide bonds. The zero-order valence-corrected chi connectivity index (χ0v) is 11.8. The first-order valence-electron chi connectivity index (χ1n) is 6.30. The molecule has 1 aliphatic rings. The largest absolute Gasteiger partial charge is 0.478 e. The molecular weight excluding hydrogens is 302 g/mol. The number of amides is 1. The Kier molecular flexibility index (Phi) is 5.13. The number of thioether (sulfide) groups is 1. The molecule has 0 saturated carbocycles. The number of nitrogens with one attached hydrogen (secondary N) is 2. The van der Waals surface area contributed by atoms with Crippen LogP contribution in [0.1, 0.15) is 16.8 Å². The number of carbonyl (C=O) groups is 2. The predicted octanol–water partition coefficient (Wildman–Crippen LogP) is 1.70. The highest BCUT2D eigenvalue weighted by Crippen LogP contribution is 2.20. The lowest BCUT2D eigenvalue weighted by molar-refractivity contribution is -0.116. The fourth-order valence-corrected chi connectivity index (χ4v) is 2.93. The van der Waals surface area contributed by atoms with Gasteiger partial charge in [-0.3, -0.25) is 4.79 Å². The van der Waals surface area contributed by atoms with E-state index < -0.39 is 29.1 Å². The van der Waals surface area contributed by atoms with Gasteiger partial charge in [-0.1, -0.05) is 0 Å². The molecule has 1 atom stereocenters. The number of hydrogen-bond acceptors (Lipinski definition) is 4. The third-order valence-corrected chi connectivity index (χ3v) is 4.12. The molecule has 114 valence electrons. The summed E-state index contributed by atoms with van der Waals surface area (Å²) in [6.07, 6.45) is 0.145. The van der Waals surface area contributed by atoms with Crippen LogP contribution in [0, 0.1) is 11.6 Å². The lowest BCUT2D eigenvalue weighted by Gasteiger charge is -2.22. The van der Waals surface area contributed by atoms with Crippen molar-refractivity contribution in [3.05, 3.63) is 29.3 Å². The maximum Gasteiger partial charge on any atom is 0.338 e. The van der Waals surface area contributed by atoms with Crippen molar-refractivity contribution in [1.29, 1.82) is 0 Å². The average Bonchev–Trinajstić information content (AvgIpc) is 2.42. The van der Waals surface area contributed by atoms with Gasteiger partial charge in [-0.05, 0) is 6.07 Å². The molecule has 8 heteroatoms. The number of carbonyl (C=O) groups excluding carboxylic acids is 1. The van der Waals surface area contributed by atoms with Crippen LogP contribution < -0.4 is 10.6 Å². The Morgan fingerprint density at radius 2 is 2.14 bits per heavy atom. The third-order valence-electron chi connectivity index (χ3n) is 2.99. The molecular formula is C13H14F2N2O3S. The molecule has 0 aliphatic carbocycles. The SMILES string of the molecule is O=C(CC1CSCCN1)Nc1cc(C(=O)O)c(F)cc1F. The Hall–Kier alpha value is -1.67. The summed E-state index contributed by atoms with van der Waals surface area (Å²) in [5.74, 6) is -2.39. The third kappa shape index (κ3) is 4.15. The molecule has 1 saturated heterocycles. The van der Waals surface area contributed by atoms with Crippen molar-refractivity contribution in [2.75, 3.05) is 23.4 Å². The number of benzene rings is 1. The first-order valence-corrected chi connectivity index (χ1v) is 7.46. The number of carboxylic acid groups (broad SMARTS) is 1. The van der Waals surface area contributed by atoms with Gasteiger partial charge in [0.05, 0.1) is 11.3 Å². The molecule has 0 spiro atoms. The van der Waals surface area contributed by atoms with Crippen molar-refractivity contribution in [3.63, 3.8) is 0 Å². The maximum atomic E-state index is 13.6. The number of halogens is 2. The predicted molar refractivity (Wildman–Crippen MR) is 75.7 cm³/mol. The molecule has 0 radical (unpaired) electrons. The molecule has 5 nitrogen and oxygen atoms in total. The van der Waals surface area contributed by atoms with Crippen molar-refractivity contribution < 1.29 is 23.5 Å². The monoisotopic (exact) mass is 316 g/mol. The van der Waals surface area contributed by atoms with Crippen molar-refractivity contribution in [3.8, 4) is 0 Å². The Balaban J connectivity index is 2.06. The van der Waals surface area contributed by atoms with Gasteiger partial charge in [-0.15, -0.1) is 0 Å². The molecule has 2 rings (SSSR count). The minimum Gasteiger partial charge on any atom is -0.478 e. The zero-order valence-electron chi connectivity index (χ0n) is 11.0. The van der Waals surface area contributed by atoms with Gasteiger partial charge >= 0.3 is 5.97 Å². The van der Waals surface area contributed by atoms with Crippen molar-refractivity contribution in [1.82, 2.24) is 5.32 Å². The molecule has 3 N–H and O–H groups in total. The van der Waals surface area contributed by atoms with Crippen LogP contribution in [-0.2, 0) is 4.79 Å². The van der Waals surface area contributed by atoms with Crippen LogP contribution in [0.25, 0.3) is 0 Å². The molecule has 0 aromatic heterocycles. The minimum atomic E-state index is -1.52. The smallest absolute Gasteiger partial charge is 0.338 e. The van der Waals surface area contributed by atoms with E-state index in [0.29, 0.717) is 6.07 Å². The van der Waals surface area contributed by atoms with Gasteiger partial charge in [0.1, 0.15) is 11.6 Å². The molecule has 1 aromatic carbocycles. The van der Waals surface area contributed by atoms with Gasteiger partial charge < -0.3 is 15.7 Å². The van der Waals surface area contributed by atoms with Crippen molar-refractivity contribution in [2.45, 2.75) is 12.5 Å². The maximum absolute atomic E-state index is 13.6. The summed E-state index contributed by atoms with van der Waals surface area (Å²) in [5.41, 5.74) is -1.01. The van der Waals surface area contributed by atoms with Crippen molar-refractivity contribution in [2.24, 2.45) is 0 Å². The van der Waals surface area contributed by atoms with Crippen LogP contribution in [0.5, 0.6) is 0 Å². The van der Waals surface area contributed by atoms with Crippen molar-refractivity contribution >= 4 is 29.3 Å². The van der Waals surface area contributed by atoms with Crippen LogP contribution in [0.15, 0.2) is 12.1 Å². The lowest BCUT2D eigenvalue weighted by Crippen LogP contribution is -2.40. The Morgan fingerprint density at radius 1 is 1.38 bits per heavy atom. The second-order valence-electron chi connectivity index (χ2n) is 4.60. The molecule has 1 aliphatic heterocycles. The van der Waals surface area contributed by atoms with E-state index in [9.17, 15) is 18.4 Å². The van der Waals surface area contributed by atoms with E-state index in [0.717, 1.165) is 24.1 Å². The quantitative estimate of drug-likeness (QED) is 0.788. The van der Waals surface area contributed by atoms with Gasteiger partial charge in [0, 0.05) is 36.6 Å². The first-order chi connectivity index (χ1) is 9.97. The van der Waals surface area contributed by atoms with E-state index in [2.05, 4.69) is 10.6 Å². The van der Waals surface area contributed by atoms with Gasteiger partial charge in [0.15, 0.2) is 0 Å². The van der Waals surface area contributed by atoms with E-state index in [4.69, 9.17) is 5.11 Å². The average molecular weight is 316 g/mol. The molecule has 21 heavy (non-hydrogen) atoms. The van der Waals surface area contributed by atoms with Crippen LogP contribution in [0.2, 0.25) is 0 Å². The highest BCUT2D eigenvalue weighted by molar-refractivity contribution is 7.99. The summed E-state index contributed by atoms with van der Waals surface area (Å²) in [6, 6.07) is 1.23.